The smallest absolute Gasteiger partial charge is 0.310 e. The van der Waals surface area contributed by atoms with Crippen molar-refractivity contribution in [2.24, 2.45) is 0 Å². The minimum atomic E-state index is -4.05. The summed E-state index contributed by atoms with van der Waals surface area (Å²) in [5, 5.41) is 3.17. The molecule has 1 heterocycles. The van der Waals surface area contributed by atoms with Gasteiger partial charge in [-0.3, -0.25) is 0 Å². The second-order valence-corrected chi connectivity index (χ2v) is 5.96. The predicted octanol–water partition coefficient (Wildman–Crippen LogP) is 4.32. The van der Waals surface area contributed by atoms with Gasteiger partial charge in [0.15, 0.2) is 0 Å². The predicted molar refractivity (Wildman–Crippen MR) is 63.7 cm³/mol. The van der Waals surface area contributed by atoms with Crippen molar-refractivity contribution in [1.82, 2.24) is 5.32 Å². The third-order valence-corrected chi connectivity index (χ3v) is 4.21. The summed E-state index contributed by atoms with van der Waals surface area (Å²) in [5.74, 6) is 0. The van der Waals surface area contributed by atoms with E-state index in [0.717, 1.165) is 17.2 Å². The lowest BCUT2D eigenvalue weighted by atomic mass is 10.1. The third-order valence-electron chi connectivity index (χ3n) is 2.87. The molecule has 0 bridgehead atoms. The van der Waals surface area contributed by atoms with Crippen LogP contribution in [-0.4, -0.2) is 12.7 Å². The molecule has 0 saturated heterocycles. The highest BCUT2D eigenvalue weighted by Crippen LogP contribution is 2.39. The van der Waals surface area contributed by atoms with E-state index in [4.69, 9.17) is 11.6 Å². The van der Waals surface area contributed by atoms with Gasteiger partial charge >= 0.3 is 6.18 Å². The molecule has 0 aliphatic heterocycles. The second-order valence-electron chi connectivity index (χ2n) is 4.19. The van der Waals surface area contributed by atoms with E-state index < -0.39 is 12.6 Å². The minimum absolute atomic E-state index is 0.132. The van der Waals surface area contributed by atoms with E-state index in [9.17, 15) is 13.2 Å². The van der Waals surface area contributed by atoms with Gasteiger partial charge < -0.3 is 5.32 Å². The molecule has 0 fully saturated rings. The summed E-state index contributed by atoms with van der Waals surface area (Å²) < 4.78 is 36.6. The Bertz CT molecular complexity index is 389. The molecule has 1 N–H and O–H groups in total. The van der Waals surface area contributed by atoms with Crippen LogP contribution in [0.25, 0.3) is 0 Å². The molecule has 1 unspecified atom stereocenters. The van der Waals surface area contributed by atoms with E-state index in [1.807, 2.05) is 6.07 Å². The van der Waals surface area contributed by atoms with E-state index in [1.165, 1.54) is 10.4 Å². The van der Waals surface area contributed by atoms with Gasteiger partial charge in [0, 0.05) is 17.3 Å². The summed E-state index contributed by atoms with van der Waals surface area (Å²) in [4.78, 5) is 1.27. The molecule has 17 heavy (non-hydrogen) atoms. The Morgan fingerprint density at radius 1 is 1.47 bits per heavy atom. The Hall–Kier alpha value is -0.260. The van der Waals surface area contributed by atoms with Crippen molar-refractivity contribution in [2.45, 2.75) is 37.9 Å². The van der Waals surface area contributed by atoms with Crippen LogP contribution in [0.1, 0.15) is 35.7 Å². The Balaban J connectivity index is 1.78. The van der Waals surface area contributed by atoms with Gasteiger partial charge in [0.2, 0.25) is 0 Å². The van der Waals surface area contributed by atoms with Gasteiger partial charge in [-0.1, -0.05) is 11.6 Å². The number of alkyl halides is 3. The van der Waals surface area contributed by atoms with Crippen molar-refractivity contribution >= 4 is 22.9 Å². The quantitative estimate of drug-likeness (QED) is 0.812. The normalized spacial score (nSPS) is 19.6. The molecule has 1 aliphatic rings. The number of rotatable bonds is 4. The van der Waals surface area contributed by atoms with Gasteiger partial charge in [-0.15, -0.1) is 11.3 Å². The lowest BCUT2D eigenvalue weighted by Crippen LogP contribution is -2.21. The van der Waals surface area contributed by atoms with Crippen molar-refractivity contribution in [3.8, 4) is 0 Å². The van der Waals surface area contributed by atoms with Gasteiger partial charge in [0.25, 0.3) is 0 Å². The highest BCUT2D eigenvalue weighted by Gasteiger charge is 2.27. The summed E-state index contributed by atoms with van der Waals surface area (Å²) in [6, 6.07) is 2.11. The summed E-state index contributed by atoms with van der Waals surface area (Å²) in [6.45, 7) is 0.400. The largest absolute Gasteiger partial charge is 0.389 e. The fourth-order valence-corrected chi connectivity index (χ4v) is 3.46. The Morgan fingerprint density at radius 2 is 2.24 bits per heavy atom. The maximum Gasteiger partial charge on any atom is 0.389 e. The first-order valence-electron chi connectivity index (χ1n) is 5.54. The van der Waals surface area contributed by atoms with Crippen molar-refractivity contribution in [3.63, 3.8) is 0 Å². The molecular formula is C11H13ClF3NS. The van der Waals surface area contributed by atoms with Crippen molar-refractivity contribution < 1.29 is 13.2 Å². The van der Waals surface area contributed by atoms with Gasteiger partial charge in [-0.2, -0.15) is 13.2 Å². The van der Waals surface area contributed by atoms with Crippen LogP contribution in [0.5, 0.6) is 0 Å². The molecule has 2 rings (SSSR count). The lowest BCUT2D eigenvalue weighted by Gasteiger charge is -2.13. The van der Waals surface area contributed by atoms with Crippen molar-refractivity contribution in [1.29, 1.82) is 0 Å². The Morgan fingerprint density at radius 3 is 2.94 bits per heavy atom. The van der Waals surface area contributed by atoms with Gasteiger partial charge in [-0.25, -0.2) is 0 Å². The topological polar surface area (TPSA) is 12.0 Å². The van der Waals surface area contributed by atoms with Crippen LogP contribution in [0.3, 0.4) is 0 Å². The molecule has 1 aromatic rings. The molecule has 1 atom stereocenters. The van der Waals surface area contributed by atoms with Crippen LogP contribution in [0.15, 0.2) is 6.07 Å². The average Bonchev–Trinajstić information content (AvgIpc) is 2.71. The molecule has 0 spiro atoms. The van der Waals surface area contributed by atoms with Crippen LogP contribution in [0, 0.1) is 0 Å². The molecule has 1 aliphatic carbocycles. The number of hydrogen-bond donors (Lipinski definition) is 1. The van der Waals surface area contributed by atoms with E-state index in [-0.39, 0.29) is 12.5 Å². The number of aryl methyl sites for hydroxylation is 1. The van der Waals surface area contributed by atoms with Crippen LogP contribution in [0.2, 0.25) is 4.34 Å². The maximum atomic E-state index is 12.0. The number of hydrogen-bond acceptors (Lipinski definition) is 2. The molecule has 1 nitrogen and oxygen atoms in total. The molecule has 1 aromatic heterocycles. The van der Waals surface area contributed by atoms with Gasteiger partial charge in [0.05, 0.1) is 4.34 Å². The average molecular weight is 284 g/mol. The standard InChI is InChI=1S/C11H13ClF3NS/c12-10-6-7-8(2-3-9(7)17-10)16-5-1-4-11(13,14)15/h6,8,16H,1-5H2. The molecule has 96 valence electrons. The molecule has 0 saturated carbocycles. The zero-order chi connectivity index (χ0) is 12.5. The second kappa shape index (κ2) is 5.16. The first-order chi connectivity index (χ1) is 7.96. The van der Waals surface area contributed by atoms with Gasteiger partial charge in [0.1, 0.15) is 0 Å². The number of fused-ring (bicyclic) bond motifs is 1. The SMILES string of the molecule is FC(F)(F)CCCNC1CCc2sc(Cl)cc21. The first-order valence-corrected chi connectivity index (χ1v) is 6.73. The molecule has 0 radical (unpaired) electrons. The maximum absolute atomic E-state index is 12.0. The number of thiophene rings is 1. The molecule has 6 heteroatoms. The van der Waals surface area contributed by atoms with E-state index in [0.29, 0.717) is 6.54 Å². The van der Waals surface area contributed by atoms with Crippen LogP contribution >= 0.6 is 22.9 Å². The first kappa shape index (κ1) is 13.2. The number of halogens is 4. The summed E-state index contributed by atoms with van der Waals surface area (Å²) in [7, 11) is 0. The summed E-state index contributed by atoms with van der Waals surface area (Å²) >= 11 is 7.48. The van der Waals surface area contributed by atoms with Gasteiger partial charge in [-0.05, 0) is 37.4 Å². The molecule has 0 aromatic carbocycles. The monoisotopic (exact) mass is 283 g/mol. The zero-order valence-corrected chi connectivity index (χ0v) is 10.7. The van der Waals surface area contributed by atoms with Crippen LogP contribution in [0.4, 0.5) is 13.2 Å². The minimum Gasteiger partial charge on any atom is -0.310 e. The zero-order valence-electron chi connectivity index (χ0n) is 9.11. The van der Waals surface area contributed by atoms with Crippen LogP contribution in [-0.2, 0) is 6.42 Å². The fourth-order valence-electron chi connectivity index (χ4n) is 2.11. The van der Waals surface area contributed by atoms with E-state index in [2.05, 4.69) is 5.32 Å². The Labute approximate surface area is 107 Å². The third kappa shape index (κ3) is 3.60. The summed E-state index contributed by atoms with van der Waals surface area (Å²) in [6.07, 6.45) is -2.70. The summed E-state index contributed by atoms with van der Waals surface area (Å²) in [5.41, 5.74) is 1.17. The van der Waals surface area contributed by atoms with E-state index in [1.54, 1.807) is 11.3 Å². The highest BCUT2D eigenvalue weighted by atomic mass is 35.5. The highest BCUT2D eigenvalue weighted by molar-refractivity contribution is 7.16. The van der Waals surface area contributed by atoms with Crippen molar-refractivity contribution in [2.75, 3.05) is 6.54 Å². The number of nitrogens with one attached hydrogen (secondary N) is 1. The van der Waals surface area contributed by atoms with Crippen LogP contribution < -0.4 is 5.32 Å². The molecule has 0 amide bonds. The molecular weight excluding hydrogens is 271 g/mol. The van der Waals surface area contributed by atoms with Crippen molar-refractivity contribution in [3.05, 3.63) is 20.8 Å². The fraction of sp³-hybridized carbons (Fsp3) is 0.636. The van der Waals surface area contributed by atoms with E-state index >= 15 is 0 Å². The Kier molecular flexibility index (Phi) is 4.00. The lowest BCUT2D eigenvalue weighted by molar-refractivity contribution is -0.135.